The Morgan fingerprint density at radius 3 is 1.20 bits per heavy atom. The monoisotopic (exact) mass is 755 g/mol. The highest BCUT2D eigenvalue weighted by Crippen LogP contribution is 2.14. The summed E-state index contributed by atoms with van der Waals surface area (Å²) in [5.74, 6) is -0.935. The van der Waals surface area contributed by atoms with Gasteiger partial charge in [0.15, 0.2) is 6.10 Å². The first-order valence-corrected chi connectivity index (χ1v) is 22.3. The lowest BCUT2D eigenvalue weighted by Crippen LogP contribution is -2.30. The summed E-state index contributed by atoms with van der Waals surface area (Å²) in [5.41, 5.74) is 0. The fraction of sp³-hybridized carbons (Fsp3) is 0.729. The topological polar surface area (TPSA) is 78.9 Å². The van der Waals surface area contributed by atoms with Gasteiger partial charge < -0.3 is 14.2 Å². The second kappa shape index (κ2) is 42.8. The van der Waals surface area contributed by atoms with Crippen LogP contribution in [0.5, 0.6) is 0 Å². The largest absolute Gasteiger partial charge is 0.462 e. The fourth-order valence-corrected chi connectivity index (χ4v) is 5.95. The number of rotatable bonds is 39. The van der Waals surface area contributed by atoms with Crippen molar-refractivity contribution in [1.82, 2.24) is 0 Å². The number of carbonyl (C=O) groups excluding carboxylic acids is 3. The number of esters is 3. The number of hydrogen-bond acceptors (Lipinski definition) is 6. The summed E-state index contributed by atoms with van der Waals surface area (Å²) in [6.07, 6.45) is 50.6. The van der Waals surface area contributed by atoms with Crippen molar-refractivity contribution in [3.05, 3.63) is 60.8 Å². The predicted octanol–water partition coefficient (Wildman–Crippen LogP) is 14.1. The van der Waals surface area contributed by atoms with E-state index in [0.29, 0.717) is 19.3 Å². The number of unbranched alkanes of at least 4 members (excludes halogenated alkanes) is 21. The average Bonchev–Trinajstić information content (AvgIpc) is 3.17. The van der Waals surface area contributed by atoms with Crippen molar-refractivity contribution in [2.24, 2.45) is 0 Å². The van der Waals surface area contributed by atoms with Gasteiger partial charge in [0.2, 0.25) is 0 Å². The lowest BCUT2D eigenvalue weighted by molar-refractivity contribution is -0.167. The van der Waals surface area contributed by atoms with Crippen molar-refractivity contribution in [3.8, 4) is 0 Å². The van der Waals surface area contributed by atoms with Gasteiger partial charge in [-0.15, -0.1) is 0 Å². The molecule has 0 aliphatic heterocycles. The highest BCUT2D eigenvalue weighted by Gasteiger charge is 2.19. The van der Waals surface area contributed by atoms with E-state index < -0.39 is 6.10 Å². The predicted molar refractivity (Wildman–Crippen MR) is 228 cm³/mol. The minimum Gasteiger partial charge on any atom is -0.462 e. The maximum Gasteiger partial charge on any atom is 0.306 e. The van der Waals surface area contributed by atoms with Crippen LogP contribution in [0.2, 0.25) is 0 Å². The van der Waals surface area contributed by atoms with Gasteiger partial charge in [-0.3, -0.25) is 14.4 Å². The molecule has 0 saturated heterocycles. The number of ether oxygens (including phenoxy) is 3. The molecule has 0 aliphatic carbocycles. The van der Waals surface area contributed by atoms with Crippen molar-refractivity contribution in [3.63, 3.8) is 0 Å². The molecule has 1 unspecified atom stereocenters. The van der Waals surface area contributed by atoms with E-state index in [1.807, 2.05) is 0 Å². The summed E-state index contributed by atoms with van der Waals surface area (Å²) in [6.45, 7) is 6.39. The summed E-state index contributed by atoms with van der Waals surface area (Å²) in [6, 6.07) is 0. The summed E-state index contributed by atoms with van der Waals surface area (Å²) >= 11 is 0. The third-order valence-electron chi connectivity index (χ3n) is 9.35. The average molecular weight is 755 g/mol. The molecule has 0 aromatic heterocycles. The number of carbonyl (C=O) groups is 3. The number of allylic oxidation sites excluding steroid dienone is 10. The van der Waals surface area contributed by atoms with Crippen LogP contribution in [0.15, 0.2) is 60.8 Å². The second-order valence-electron chi connectivity index (χ2n) is 14.7. The zero-order valence-corrected chi connectivity index (χ0v) is 35.2. The van der Waals surface area contributed by atoms with Crippen molar-refractivity contribution >= 4 is 17.9 Å². The third-order valence-corrected chi connectivity index (χ3v) is 9.35. The Hall–Kier alpha value is -2.89. The molecule has 310 valence electrons. The van der Waals surface area contributed by atoms with Gasteiger partial charge in [-0.1, -0.05) is 191 Å². The Morgan fingerprint density at radius 1 is 0.389 bits per heavy atom. The second-order valence-corrected chi connectivity index (χ2v) is 14.7. The Labute approximate surface area is 332 Å². The summed E-state index contributed by atoms with van der Waals surface area (Å²) in [7, 11) is 0. The molecule has 0 aromatic rings. The lowest BCUT2D eigenvalue weighted by atomic mass is 10.1. The van der Waals surface area contributed by atoms with Crippen LogP contribution in [-0.4, -0.2) is 37.2 Å². The van der Waals surface area contributed by atoms with Crippen LogP contribution in [0.4, 0.5) is 0 Å². The summed E-state index contributed by atoms with van der Waals surface area (Å²) in [4.78, 5) is 37.7. The van der Waals surface area contributed by atoms with Crippen molar-refractivity contribution in [2.45, 2.75) is 213 Å². The van der Waals surface area contributed by atoms with E-state index in [0.717, 1.165) is 83.5 Å². The molecular formula is C48H82O6. The molecule has 0 N–H and O–H groups in total. The van der Waals surface area contributed by atoms with Crippen LogP contribution < -0.4 is 0 Å². The highest BCUT2D eigenvalue weighted by atomic mass is 16.6. The normalized spacial score (nSPS) is 12.6. The molecule has 0 amide bonds. The fourth-order valence-electron chi connectivity index (χ4n) is 5.95. The van der Waals surface area contributed by atoms with Gasteiger partial charge in [-0.05, 0) is 57.8 Å². The van der Waals surface area contributed by atoms with E-state index in [4.69, 9.17) is 14.2 Å². The molecule has 6 heteroatoms. The zero-order chi connectivity index (χ0) is 39.4. The maximum absolute atomic E-state index is 12.7. The van der Waals surface area contributed by atoms with Gasteiger partial charge in [-0.2, -0.15) is 0 Å². The van der Waals surface area contributed by atoms with E-state index in [2.05, 4.69) is 81.5 Å². The Morgan fingerprint density at radius 2 is 0.741 bits per heavy atom. The van der Waals surface area contributed by atoms with Crippen molar-refractivity contribution in [1.29, 1.82) is 0 Å². The van der Waals surface area contributed by atoms with Crippen molar-refractivity contribution in [2.75, 3.05) is 13.2 Å². The SMILES string of the molecule is CC\C=C/C=C\C=C/CCCCCCCCCC(=O)OCC(COC(=O)CCCCCCCCCCCC)OC(=O)CCCCC/C=C\C=C/CCCC. The smallest absolute Gasteiger partial charge is 0.306 e. The van der Waals surface area contributed by atoms with Crippen LogP contribution in [0, 0.1) is 0 Å². The zero-order valence-electron chi connectivity index (χ0n) is 35.2. The molecule has 0 radical (unpaired) electrons. The lowest BCUT2D eigenvalue weighted by Gasteiger charge is -2.18. The highest BCUT2D eigenvalue weighted by molar-refractivity contribution is 5.71. The molecule has 1 atom stereocenters. The molecule has 0 spiro atoms. The molecular weight excluding hydrogens is 673 g/mol. The van der Waals surface area contributed by atoms with Crippen LogP contribution >= 0.6 is 0 Å². The minimum absolute atomic E-state index is 0.0883. The standard InChI is InChI=1S/C48H82O6/c1-4-7-10-13-16-19-22-23-24-25-27-29-32-35-38-41-47(50)53-44-45(43-52-46(49)40-37-34-31-28-21-18-15-12-9-6-3)54-48(51)42-39-36-33-30-26-20-17-14-11-8-5-2/h7,10,13-14,16-17,19-20,22,26,45H,4-6,8-9,11-12,15,18,21,23-25,27-44H2,1-3H3/b10-7-,16-13-,17-14-,22-19-,26-20-. The minimum atomic E-state index is -0.788. The molecule has 54 heavy (non-hydrogen) atoms. The van der Waals surface area contributed by atoms with Crippen molar-refractivity contribution < 1.29 is 28.6 Å². The molecule has 0 fully saturated rings. The molecule has 0 saturated carbocycles. The Bertz CT molecular complexity index is 1010. The third kappa shape index (κ3) is 40.3. The van der Waals surface area contributed by atoms with E-state index in [1.54, 1.807) is 0 Å². The first-order valence-electron chi connectivity index (χ1n) is 22.3. The first-order chi connectivity index (χ1) is 26.5. The Balaban J connectivity index is 4.41. The van der Waals surface area contributed by atoms with Gasteiger partial charge in [0.05, 0.1) is 0 Å². The van der Waals surface area contributed by atoms with Gasteiger partial charge in [0.1, 0.15) is 13.2 Å². The van der Waals surface area contributed by atoms with Gasteiger partial charge in [0, 0.05) is 19.3 Å². The molecule has 0 rings (SSSR count). The molecule has 0 bridgehead atoms. The van der Waals surface area contributed by atoms with Crippen LogP contribution in [0.1, 0.15) is 207 Å². The van der Waals surface area contributed by atoms with E-state index in [-0.39, 0.29) is 31.1 Å². The maximum atomic E-state index is 12.7. The van der Waals surface area contributed by atoms with E-state index in [1.165, 1.54) is 83.5 Å². The van der Waals surface area contributed by atoms with E-state index in [9.17, 15) is 14.4 Å². The Kier molecular flexibility index (Phi) is 40.6. The first kappa shape index (κ1) is 51.1. The molecule has 0 aromatic carbocycles. The quantitative estimate of drug-likeness (QED) is 0.0269. The van der Waals surface area contributed by atoms with Crippen LogP contribution in [0.3, 0.4) is 0 Å². The number of hydrogen-bond donors (Lipinski definition) is 0. The van der Waals surface area contributed by atoms with E-state index >= 15 is 0 Å². The van der Waals surface area contributed by atoms with Gasteiger partial charge >= 0.3 is 17.9 Å². The van der Waals surface area contributed by atoms with Gasteiger partial charge in [-0.25, -0.2) is 0 Å². The van der Waals surface area contributed by atoms with Crippen LogP contribution in [-0.2, 0) is 28.6 Å². The molecule has 6 nitrogen and oxygen atoms in total. The summed E-state index contributed by atoms with van der Waals surface area (Å²) < 4.78 is 16.6. The van der Waals surface area contributed by atoms with Crippen LogP contribution in [0.25, 0.3) is 0 Å². The molecule has 0 heterocycles. The van der Waals surface area contributed by atoms with Gasteiger partial charge in [0.25, 0.3) is 0 Å². The molecule has 0 aliphatic rings. The summed E-state index contributed by atoms with van der Waals surface area (Å²) in [5, 5.41) is 0.